The number of nitrogens with zero attached hydrogens (tertiary/aromatic N) is 4. The maximum absolute atomic E-state index is 12.9. The van der Waals surface area contributed by atoms with Crippen molar-refractivity contribution in [3.63, 3.8) is 0 Å². The van der Waals surface area contributed by atoms with Gasteiger partial charge in [-0.1, -0.05) is 24.6 Å². The van der Waals surface area contributed by atoms with E-state index in [0.29, 0.717) is 26.1 Å². The number of fused-ring (bicyclic) bond motifs is 1. The highest BCUT2D eigenvalue weighted by Crippen LogP contribution is 2.36. The van der Waals surface area contributed by atoms with Crippen molar-refractivity contribution in [3.8, 4) is 5.75 Å². The van der Waals surface area contributed by atoms with Crippen LogP contribution >= 0.6 is 0 Å². The largest absolute Gasteiger partial charge is 0.483 e. The summed E-state index contributed by atoms with van der Waals surface area (Å²) >= 11 is 0. The molecule has 1 fully saturated rings. The van der Waals surface area contributed by atoms with E-state index in [1.165, 1.54) is 6.33 Å². The Morgan fingerprint density at radius 3 is 2.94 bits per heavy atom. The van der Waals surface area contributed by atoms with Crippen LogP contribution in [-0.4, -0.2) is 57.7 Å². The summed E-state index contributed by atoms with van der Waals surface area (Å²) in [6.45, 7) is 2.83. The molecular weight excluding hydrogens is 406 g/mol. The average molecular weight is 440 g/mol. The van der Waals surface area contributed by atoms with E-state index in [4.69, 9.17) is 4.74 Å². The fourth-order valence-corrected chi connectivity index (χ4v) is 4.90. The smallest absolute Gasteiger partial charge is 0.257 e. The first-order valence-corrected chi connectivity index (χ1v) is 11.7. The number of nitrogens with one attached hydrogen (secondary N) is 1. The second-order valence-electron chi connectivity index (χ2n) is 9.06. The lowest BCUT2D eigenvalue weighted by Crippen LogP contribution is -2.51. The van der Waals surface area contributed by atoms with Crippen molar-refractivity contribution in [2.45, 2.75) is 57.9 Å². The lowest BCUT2D eigenvalue weighted by molar-refractivity contribution is -0.135. The van der Waals surface area contributed by atoms with Gasteiger partial charge in [-0.3, -0.25) is 14.3 Å². The second-order valence-corrected chi connectivity index (χ2v) is 9.06. The summed E-state index contributed by atoms with van der Waals surface area (Å²) in [5, 5.41) is 7.19. The first kappa shape index (κ1) is 22.3. The predicted molar refractivity (Wildman–Crippen MR) is 120 cm³/mol. The van der Waals surface area contributed by atoms with Crippen molar-refractivity contribution in [1.29, 1.82) is 0 Å². The first-order chi connectivity index (χ1) is 15.6. The molecule has 1 atom stereocenters. The third-order valence-corrected chi connectivity index (χ3v) is 6.65. The summed E-state index contributed by atoms with van der Waals surface area (Å²) in [5.41, 5.74) is 1.09. The standard InChI is InChI=1S/C24H33N5O3/c30-22-15-32-21-9-2-1-7-20(21)8-3-4-11-24(16-26-22)12-6-13-28(17-24)23(31)10-5-14-29-19-25-18-27-29/h1-2,7,9,18-19H,3-6,8,10-17H2,(H,26,30). The Hall–Kier alpha value is -2.90. The van der Waals surface area contributed by atoms with E-state index in [-0.39, 0.29) is 23.8 Å². The summed E-state index contributed by atoms with van der Waals surface area (Å²) < 4.78 is 7.55. The van der Waals surface area contributed by atoms with Gasteiger partial charge in [-0.2, -0.15) is 5.10 Å². The van der Waals surface area contributed by atoms with Crippen LogP contribution in [0.2, 0.25) is 0 Å². The Balaban J connectivity index is 1.36. The fraction of sp³-hybridized carbons (Fsp3) is 0.583. The number of ether oxygens (including phenoxy) is 1. The molecule has 1 unspecified atom stereocenters. The van der Waals surface area contributed by atoms with Gasteiger partial charge in [-0.05, 0) is 50.2 Å². The zero-order valence-electron chi connectivity index (χ0n) is 18.7. The topological polar surface area (TPSA) is 89.4 Å². The van der Waals surface area contributed by atoms with Crippen molar-refractivity contribution >= 4 is 11.8 Å². The van der Waals surface area contributed by atoms with Crippen molar-refractivity contribution in [3.05, 3.63) is 42.5 Å². The Morgan fingerprint density at radius 1 is 1.19 bits per heavy atom. The fourth-order valence-electron chi connectivity index (χ4n) is 4.90. The molecule has 1 spiro atoms. The van der Waals surface area contributed by atoms with Gasteiger partial charge < -0.3 is 15.0 Å². The number of likely N-dealkylation sites (tertiary alicyclic amines) is 1. The molecule has 8 heteroatoms. The minimum absolute atomic E-state index is 0.0258. The average Bonchev–Trinajstić information content (AvgIpc) is 3.33. The number of carbonyl (C=O) groups is 2. The van der Waals surface area contributed by atoms with E-state index in [2.05, 4.69) is 21.5 Å². The molecule has 1 N–H and O–H groups in total. The van der Waals surface area contributed by atoms with Gasteiger partial charge in [-0.15, -0.1) is 0 Å². The van der Waals surface area contributed by atoms with E-state index < -0.39 is 0 Å². The highest BCUT2D eigenvalue weighted by atomic mass is 16.5. The first-order valence-electron chi connectivity index (χ1n) is 11.7. The van der Waals surface area contributed by atoms with Gasteiger partial charge in [0.05, 0.1) is 0 Å². The van der Waals surface area contributed by atoms with E-state index >= 15 is 0 Å². The summed E-state index contributed by atoms with van der Waals surface area (Å²) in [7, 11) is 0. The van der Waals surface area contributed by atoms with E-state index in [9.17, 15) is 9.59 Å². The molecule has 8 nitrogen and oxygen atoms in total. The maximum atomic E-state index is 12.9. The molecular formula is C24H33N5O3. The molecule has 0 radical (unpaired) electrons. The summed E-state index contributed by atoms with van der Waals surface area (Å²) in [6.07, 6.45) is 10.6. The van der Waals surface area contributed by atoms with E-state index in [1.807, 2.05) is 23.1 Å². The number of amides is 2. The molecule has 1 aromatic carbocycles. The Labute approximate surface area is 189 Å². The van der Waals surface area contributed by atoms with Gasteiger partial charge in [0.1, 0.15) is 18.4 Å². The second kappa shape index (κ2) is 10.6. The third kappa shape index (κ3) is 5.87. The molecule has 0 saturated carbocycles. The molecule has 1 aromatic heterocycles. The minimum Gasteiger partial charge on any atom is -0.483 e. The van der Waals surface area contributed by atoms with Gasteiger partial charge in [0.2, 0.25) is 5.91 Å². The highest BCUT2D eigenvalue weighted by molar-refractivity contribution is 5.78. The van der Waals surface area contributed by atoms with Crippen LogP contribution in [0.3, 0.4) is 0 Å². The SMILES string of the molecule is O=C1COc2ccccc2CCCCC2(CCCN(C(=O)CCCn3cncn3)C2)CN1. The van der Waals surface area contributed by atoms with Crippen molar-refractivity contribution in [2.24, 2.45) is 5.41 Å². The Bertz CT molecular complexity index is 901. The summed E-state index contributed by atoms with van der Waals surface area (Å²) in [6, 6.07) is 7.97. The normalized spacial score (nSPS) is 22.2. The van der Waals surface area contributed by atoms with Crippen LogP contribution in [0.15, 0.2) is 36.9 Å². The van der Waals surface area contributed by atoms with Crippen LogP contribution in [0, 0.1) is 5.41 Å². The molecule has 2 aliphatic rings. The molecule has 0 aliphatic carbocycles. The molecule has 3 heterocycles. The molecule has 0 bridgehead atoms. The Kier molecular flexibility index (Phi) is 7.39. The number of hydrogen-bond acceptors (Lipinski definition) is 5. The molecule has 1 saturated heterocycles. The van der Waals surface area contributed by atoms with Gasteiger partial charge in [0, 0.05) is 38.0 Å². The number of aryl methyl sites for hydroxylation is 2. The highest BCUT2D eigenvalue weighted by Gasteiger charge is 2.37. The van der Waals surface area contributed by atoms with Crippen LogP contribution in [0.4, 0.5) is 0 Å². The molecule has 2 aliphatic heterocycles. The number of benzene rings is 1. The molecule has 172 valence electrons. The van der Waals surface area contributed by atoms with Crippen LogP contribution < -0.4 is 10.1 Å². The van der Waals surface area contributed by atoms with Gasteiger partial charge in [-0.25, -0.2) is 4.98 Å². The molecule has 2 amide bonds. The van der Waals surface area contributed by atoms with Gasteiger partial charge in [0.15, 0.2) is 6.61 Å². The van der Waals surface area contributed by atoms with E-state index in [1.54, 1.807) is 11.0 Å². The molecule has 4 rings (SSSR count). The number of carbonyl (C=O) groups excluding carboxylic acids is 2. The monoisotopic (exact) mass is 439 g/mol. The predicted octanol–water partition coefficient (Wildman–Crippen LogP) is 2.59. The van der Waals surface area contributed by atoms with Crippen molar-refractivity contribution in [2.75, 3.05) is 26.2 Å². The number of aromatic nitrogens is 3. The maximum Gasteiger partial charge on any atom is 0.257 e. The van der Waals surface area contributed by atoms with Crippen LogP contribution in [0.5, 0.6) is 5.75 Å². The van der Waals surface area contributed by atoms with Gasteiger partial charge >= 0.3 is 0 Å². The summed E-state index contributed by atoms with van der Waals surface area (Å²) in [5.74, 6) is 0.896. The zero-order chi connectivity index (χ0) is 22.2. The lowest BCUT2D eigenvalue weighted by Gasteiger charge is -2.43. The summed E-state index contributed by atoms with van der Waals surface area (Å²) in [4.78, 5) is 31.3. The minimum atomic E-state index is -0.101. The van der Waals surface area contributed by atoms with Crippen LogP contribution in [0.25, 0.3) is 0 Å². The van der Waals surface area contributed by atoms with Crippen molar-refractivity contribution in [1.82, 2.24) is 25.0 Å². The van der Waals surface area contributed by atoms with Crippen LogP contribution in [0.1, 0.15) is 50.5 Å². The molecule has 2 aromatic rings. The number of para-hydroxylation sites is 1. The van der Waals surface area contributed by atoms with Gasteiger partial charge in [0.25, 0.3) is 5.91 Å². The Morgan fingerprint density at radius 2 is 2.06 bits per heavy atom. The number of hydrogen-bond donors (Lipinski definition) is 1. The quantitative estimate of drug-likeness (QED) is 0.791. The third-order valence-electron chi connectivity index (χ3n) is 6.65. The van der Waals surface area contributed by atoms with Crippen LogP contribution in [-0.2, 0) is 22.6 Å². The molecule has 32 heavy (non-hydrogen) atoms. The number of rotatable bonds is 4. The van der Waals surface area contributed by atoms with Crippen molar-refractivity contribution < 1.29 is 14.3 Å². The zero-order valence-corrected chi connectivity index (χ0v) is 18.7. The number of piperidine rings is 1. The van der Waals surface area contributed by atoms with E-state index in [0.717, 1.165) is 62.8 Å². The lowest BCUT2D eigenvalue weighted by atomic mass is 9.75.